The van der Waals surface area contributed by atoms with Crippen LogP contribution in [0.5, 0.6) is 0 Å². The van der Waals surface area contributed by atoms with E-state index >= 15 is 0 Å². The second kappa shape index (κ2) is 7.33. The van der Waals surface area contributed by atoms with Gasteiger partial charge >= 0.3 is 5.71 Å². The predicted molar refractivity (Wildman–Crippen MR) is 81.1 cm³/mol. The average Bonchev–Trinajstić information content (AvgIpc) is 2.14. The van der Waals surface area contributed by atoms with Gasteiger partial charge < -0.3 is 4.74 Å². The fourth-order valence-corrected chi connectivity index (χ4v) is 2.31. The largest absolute Gasteiger partial charge is 0.456 e. The van der Waals surface area contributed by atoms with Crippen LogP contribution in [-0.4, -0.2) is 11.3 Å². The maximum absolute atomic E-state index is 11.9. The van der Waals surface area contributed by atoms with Crippen LogP contribution >= 0.6 is 7.92 Å². The lowest BCUT2D eigenvalue weighted by Gasteiger charge is -2.21. The molecule has 0 spiro atoms. The van der Waals surface area contributed by atoms with Gasteiger partial charge in [-0.05, 0) is 40.4 Å². The number of rotatable bonds is 5. The van der Waals surface area contributed by atoms with Crippen molar-refractivity contribution in [2.45, 2.75) is 40.2 Å². The van der Waals surface area contributed by atoms with E-state index in [9.17, 15) is 4.79 Å². The Morgan fingerprint density at radius 3 is 2.22 bits per heavy atom. The van der Waals surface area contributed by atoms with Crippen molar-refractivity contribution >= 4 is 13.6 Å². The number of allylic oxidation sites excluding steroid dienone is 4. The van der Waals surface area contributed by atoms with Gasteiger partial charge in [0.25, 0.3) is 0 Å². The molecule has 100 valence electrons. The van der Waals surface area contributed by atoms with E-state index in [0.29, 0.717) is 0 Å². The topological polar surface area (TPSA) is 26.3 Å². The molecule has 1 atom stereocenters. The first-order chi connectivity index (χ1) is 8.15. The van der Waals surface area contributed by atoms with Crippen molar-refractivity contribution in [3.63, 3.8) is 0 Å². The first kappa shape index (κ1) is 16.9. The van der Waals surface area contributed by atoms with Crippen molar-refractivity contribution in [3.8, 4) is 0 Å². The minimum Gasteiger partial charge on any atom is -0.456 e. The summed E-state index contributed by atoms with van der Waals surface area (Å²) in [5.74, 6) is 3.50. The third kappa shape index (κ3) is 8.03. The number of carbonyl (C=O) groups is 1. The minimum atomic E-state index is -1.09. The maximum Gasteiger partial charge on any atom is 0.334 e. The summed E-state index contributed by atoms with van der Waals surface area (Å²) in [4.78, 5) is 11.9. The molecule has 18 heavy (non-hydrogen) atoms. The zero-order chi connectivity index (χ0) is 14.3. The summed E-state index contributed by atoms with van der Waals surface area (Å²) in [6.45, 7) is 17.0. The number of carbonyl (C=O) groups excluding carboxylic acids is 1. The van der Waals surface area contributed by atoms with Gasteiger partial charge in [0.1, 0.15) is 5.60 Å². The molecular formula is C15H23O2P. The van der Waals surface area contributed by atoms with Crippen molar-refractivity contribution in [2.75, 3.05) is 0 Å². The average molecular weight is 266 g/mol. The van der Waals surface area contributed by atoms with Gasteiger partial charge in [0, 0.05) is 0 Å². The number of hydrogen-bond donors (Lipinski definition) is 0. The third-order valence-corrected chi connectivity index (χ3v) is 3.15. The molecule has 0 aromatic rings. The van der Waals surface area contributed by atoms with Crippen LogP contribution in [0.25, 0.3) is 0 Å². The van der Waals surface area contributed by atoms with Crippen molar-refractivity contribution in [2.24, 2.45) is 0 Å². The number of ether oxygens (including phenoxy) is 1. The lowest BCUT2D eigenvalue weighted by molar-refractivity contribution is 0.0730. The monoisotopic (exact) mass is 266 g/mol. The van der Waals surface area contributed by atoms with E-state index < -0.39 is 13.5 Å². The van der Waals surface area contributed by atoms with Crippen molar-refractivity contribution in [3.05, 3.63) is 48.1 Å². The first-order valence-corrected chi connectivity index (χ1v) is 7.29. The highest BCUT2D eigenvalue weighted by Gasteiger charge is 2.20. The van der Waals surface area contributed by atoms with Crippen LogP contribution in [0, 0.1) is 0 Å². The molecule has 0 saturated carbocycles. The predicted octanol–water partition coefficient (Wildman–Crippen LogP) is 5.58. The second-order valence-corrected chi connectivity index (χ2v) is 6.96. The molecule has 0 N–H and O–H groups in total. The van der Waals surface area contributed by atoms with E-state index in [2.05, 4.69) is 13.2 Å². The van der Waals surface area contributed by atoms with Crippen LogP contribution in [0.3, 0.4) is 0 Å². The molecule has 0 aliphatic heterocycles. The zero-order valence-electron chi connectivity index (χ0n) is 12.0. The van der Waals surface area contributed by atoms with Crippen LogP contribution < -0.4 is 0 Å². The molecule has 3 heteroatoms. The van der Waals surface area contributed by atoms with E-state index in [0.717, 1.165) is 11.1 Å². The Kier molecular flexibility index (Phi) is 6.86. The molecule has 0 amide bonds. The maximum atomic E-state index is 11.9. The first-order valence-electron chi connectivity index (χ1n) is 5.81. The van der Waals surface area contributed by atoms with Gasteiger partial charge in [-0.15, -0.1) is 0 Å². The highest BCUT2D eigenvalue weighted by Crippen LogP contribution is 2.42. The van der Waals surface area contributed by atoms with Crippen LogP contribution in [0.1, 0.15) is 34.6 Å². The van der Waals surface area contributed by atoms with E-state index in [-0.39, 0.29) is 5.71 Å². The normalized spacial score (nSPS) is 14.4. The highest BCUT2D eigenvalue weighted by atomic mass is 31.1. The highest BCUT2D eigenvalue weighted by molar-refractivity contribution is 7.79. The molecule has 0 radical (unpaired) electrons. The Morgan fingerprint density at radius 2 is 1.83 bits per heavy atom. The van der Waals surface area contributed by atoms with Crippen LogP contribution in [0.2, 0.25) is 0 Å². The molecule has 0 aromatic carbocycles. The molecule has 0 fully saturated rings. The van der Waals surface area contributed by atoms with Gasteiger partial charge in [0.05, 0.1) is 7.92 Å². The molecule has 1 unspecified atom stereocenters. The molecule has 0 aliphatic rings. The Morgan fingerprint density at radius 1 is 1.28 bits per heavy atom. The van der Waals surface area contributed by atoms with Crippen LogP contribution in [0.15, 0.2) is 48.1 Å². The SMILES string of the molecule is C=CP(/C=C\C(C)=C/C(=C)C)C(=O)OC(C)(C)C. The fraction of sp³-hybridized carbons (Fsp3) is 0.400. The molecule has 0 rings (SSSR count). The summed E-state index contributed by atoms with van der Waals surface area (Å²) >= 11 is 0. The van der Waals surface area contributed by atoms with Gasteiger partial charge in [-0.3, -0.25) is 0 Å². The lowest BCUT2D eigenvalue weighted by Crippen LogP contribution is -2.21. The quantitative estimate of drug-likeness (QED) is 0.479. The van der Waals surface area contributed by atoms with Crippen molar-refractivity contribution < 1.29 is 9.53 Å². The summed E-state index contributed by atoms with van der Waals surface area (Å²) in [5.41, 5.74) is 1.36. The third-order valence-electron chi connectivity index (χ3n) is 1.77. The summed E-state index contributed by atoms with van der Waals surface area (Å²) in [7, 11) is -1.09. The summed E-state index contributed by atoms with van der Waals surface area (Å²) in [6, 6.07) is 0. The van der Waals surface area contributed by atoms with Crippen molar-refractivity contribution in [1.29, 1.82) is 0 Å². The second-order valence-electron chi connectivity index (χ2n) is 5.12. The smallest absolute Gasteiger partial charge is 0.334 e. The zero-order valence-corrected chi connectivity index (χ0v) is 12.9. The summed E-state index contributed by atoms with van der Waals surface area (Å²) in [6.07, 6.45) is 3.87. The molecule has 0 saturated heterocycles. The van der Waals surface area contributed by atoms with Gasteiger partial charge in [0.15, 0.2) is 0 Å². The number of hydrogen-bond acceptors (Lipinski definition) is 2. The standard InChI is InChI=1S/C15H23O2P/c1-8-18(14(16)17-15(5,6)7)10-9-13(4)11-12(2)3/h8-11H,1-2H2,3-7H3/b10-9-,13-11-. The minimum absolute atomic E-state index is 0.216. The van der Waals surface area contributed by atoms with E-state index in [1.54, 1.807) is 5.82 Å². The molecule has 0 aliphatic carbocycles. The van der Waals surface area contributed by atoms with Crippen molar-refractivity contribution in [1.82, 2.24) is 0 Å². The van der Waals surface area contributed by atoms with Gasteiger partial charge in [-0.25, -0.2) is 4.79 Å². The lowest BCUT2D eigenvalue weighted by atomic mass is 10.2. The molecule has 2 nitrogen and oxygen atoms in total. The van der Waals surface area contributed by atoms with Gasteiger partial charge in [0.2, 0.25) is 0 Å². The van der Waals surface area contributed by atoms with E-state index in [1.165, 1.54) is 0 Å². The van der Waals surface area contributed by atoms with Crippen LogP contribution in [0.4, 0.5) is 4.79 Å². The Balaban J connectivity index is 4.72. The molecule has 0 heterocycles. The van der Waals surface area contributed by atoms with E-state index in [4.69, 9.17) is 4.74 Å². The molecular weight excluding hydrogens is 243 g/mol. The van der Waals surface area contributed by atoms with E-state index in [1.807, 2.05) is 52.6 Å². The van der Waals surface area contributed by atoms with Gasteiger partial charge in [-0.1, -0.05) is 42.3 Å². The molecule has 0 bridgehead atoms. The Bertz CT molecular complexity index is 384. The van der Waals surface area contributed by atoms with Crippen LogP contribution in [-0.2, 0) is 4.74 Å². The molecule has 0 aromatic heterocycles. The Hall–Kier alpha value is -1.14. The van der Waals surface area contributed by atoms with Gasteiger partial charge in [-0.2, -0.15) is 0 Å². The summed E-state index contributed by atoms with van der Waals surface area (Å²) < 4.78 is 5.33. The Labute approximate surface area is 112 Å². The fourth-order valence-electron chi connectivity index (χ4n) is 1.15. The summed E-state index contributed by atoms with van der Waals surface area (Å²) in [5, 5.41) is 0.